The number of benzene rings is 2. The molecule has 122 valence electrons. The van der Waals surface area contributed by atoms with Gasteiger partial charge in [-0.2, -0.15) is 0 Å². The Morgan fingerprint density at radius 1 is 1.17 bits per heavy atom. The maximum Gasteiger partial charge on any atom is 0.321 e. The third-order valence-electron chi connectivity index (χ3n) is 3.23. The van der Waals surface area contributed by atoms with E-state index in [-0.39, 0.29) is 6.03 Å². The van der Waals surface area contributed by atoms with Crippen molar-refractivity contribution < 1.29 is 9.53 Å². The highest BCUT2D eigenvalue weighted by Gasteiger charge is 2.11. The molecule has 2 rings (SSSR count). The number of urea groups is 1. The van der Waals surface area contributed by atoms with E-state index in [0.717, 1.165) is 5.75 Å². The summed E-state index contributed by atoms with van der Waals surface area (Å²) in [7, 11) is 1.69. The van der Waals surface area contributed by atoms with Crippen LogP contribution in [0.3, 0.4) is 0 Å². The number of nitrogens with one attached hydrogen (secondary N) is 1. The summed E-state index contributed by atoms with van der Waals surface area (Å²) in [6.07, 6.45) is 0. The summed E-state index contributed by atoms with van der Waals surface area (Å²) < 4.78 is 5.61. The van der Waals surface area contributed by atoms with Crippen molar-refractivity contribution in [3.63, 3.8) is 0 Å². The standard InChI is InChI=1S/C17H18Cl2N2O2/c1-12-3-6-14(7-4-12)23-10-9-21(2)17(22)20-16-11-13(18)5-8-15(16)19/h3-8,11H,9-10H2,1-2H3,(H,20,22). The lowest BCUT2D eigenvalue weighted by Gasteiger charge is -2.19. The summed E-state index contributed by atoms with van der Waals surface area (Å²) in [5.41, 5.74) is 1.66. The highest BCUT2D eigenvalue weighted by atomic mass is 35.5. The molecule has 0 aliphatic carbocycles. The molecule has 0 bridgehead atoms. The highest BCUT2D eigenvalue weighted by Crippen LogP contribution is 2.25. The Kier molecular flexibility index (Phi) is 6.13. The van der Waals surface area contributed by atoms with Gasteiger partial charge in [0.2, 0.25) is 0 Å². The third kappa shape index (κ3) is 5.34. The van der Waals surface area contributed by atoms with Crippen LogP contribution < -0.4 is 10.1 Å². The fourth-order valence-electron chi connectivity index (χ4n) is 1.84. The van der Waals surface area contributed by atoms with E-state index in [0.29, 0.717) is 28.9 Å². The van der Waals surface area contributed by atoms with Crippen LogP contribution in [-0.2, 0) is 0 Å². The molecule has 23 heavy (non-hydrogen) atoms. The van der Waals surface area contributed by atoms with E-state index in [2.05, 4.69) is 5.32 Å². The zero-order valence-corrected chi connectivity index (χ0v) is 14.5. The normalized spacial score (nSPS) is 10.3. The minimum atomic E-state index is -0.276. The van der Waals surface area contributed by atoms with Crippen LogP contribution >= 0.6 is 23.2 Å². The average Bonchev–Trinajstić information content (AvgIpc) is 2.52. The van der Waals surface area contributed by atoms with E-state index >= 15 is 0 Å². The fraction of sp³-hybridized carbons (Fsp3) is 0.235. The lowest BCUT2D eigenvalue weighted by atomic mass is 10.2. The summed E-state index contributed by atoms with van der Waals surface area (Å²) in [4.78, 5) is 13.6. The molecule has 0 unspecified atom stereocenters. The molecule has 0 heterocycles. The largest absolute Gasteiger partial charge is 0.492 e. The van der Waals surface area contributed by atoms with Crippen molar-refractivity contribution >= 4 is 34.9 Å². The first-order valence-electron chi connectivity index (χ1n) is 7.12. The average molecular weight is 353 g/mol. The fourth-order valence-corrected chi connectivity index (χ4v) is 2.18. The van der Waals surface area contributed by atoms with Crippen LogP contribution in [0.5, 0.6) is 5.75 Å². The first-order valence-corrected chi connectivity index (χ1v) is 7.88. The quantitative estimate of drug-likeness (QED) is 0.835. The van der Waals surface area contributed by atoms with Gasteiger partial charge in [-0.05, 0) is 37.3 Å². The number of halogens is 2. The first-order chi connectivity index (χ1) is 11.0. The molecule has 2 aromatic rings. The van der Waals surface area contributed by atoms with Gasteiger partial charge < -0.3 is 15.0 Å². The second-order valence-corrected chi connectivity index (χ2v) is 5.98. The van der Waals surface area contributed by atoms with Crippen molar-refractivity contribution in [2.45, 2.75) is 6.92 Å². The molecule has 0 radical (unpaired) electrons. The maximum absolute atomic E-state index is 12.1. The van der Waals surface area contributed by atoms with Crippen molar-refractivity contribution in [3.8, 4) is 5.75 Å². The van der Waals surface area contributed by atoms with Gasteiger partial charge in [0.25, 0.3) is 0 Å². The predicted octanol–water partition coefficient (Wildman–Crippen LogP) is 4.84. The Hall–Kier alpha value is -1.91. The second-order valence-electron chi connectivity index (χ2n) is 5.14. The van der Waals surface area contributed by atoms with Gasteiger partial charge in [-0.1, -0.05) is 40.9 Å². The number of hydrogen-bond donors (Lipinski definition) is 1. The van der Waals surface area contributed by atoms with E-state index in [9.17, 15) is 4.79 Å². The number of carbonyl (C=O) groups is 1. The van der Waals surface area contributed by atoms with Gasteiger partial charge >= 0.3 is 6.03 Å². The number of likely N-dealkylation sites (N-methyl/N-ethyl adjacent to an activating group) is 1. The SMILES string of the molecule is Cc1ccc(OCCN(C)C(=O)Nc2cc(Cl)ccc2Cl)cc1. The topological polar surface area (TPSA) is 41.6 Å². The molecule has 6 heteroatoms. The Morgan fingerprint density at radius 3 is 2.57 bits per heavy atom. The lowest BCUT2D eigenvalue weighted by Crippen LogP contribution is -2.34. The number of amides is 2. The molecule has 1 N–H and O–H groups in total. The molecule has 0 aliphatic rings. The molecule has 4 nitrogen and oxygen atoms in total. The van der Waals surface area contributed by atoms with E-state index < -0.39 is 0 Å². The Bertz CT molecular complexity index is 675. The van der Waals surface area contributed by atoms with E-state index in [1.807, 2.05) is 31.2 Å². The van der Waals surface area contributed by atoms with Crippen LogP contribution in [0.25, 0.3) is 0 Å². The summed E-state index contributed by atoms with van der Waals surface area (Å²) in [6, 6.07) is 12.4. The Morgan fingerprint density at radius 2 is 1.87 bits per heavy atom. The van der Waals surface area contributed by atoms with E-state index in [1.54, 1.807) is 25.2 Å². The number of aryl methyl sites for hydroxylation is 1. The smallest absolute Gasteiger partial charge is 0.321 e. The molecule has 0 aliphatic heterocycles. The molecular weight excluding hydrogens is 335 g/mol. The van der Waals surface area contributed by atoms with Crippen LogP contribution in [0.15, 0.2) is 42.5 Å². The summed E-state index contributed by atoms with van der Waals surface area (Å²) >= 11 is 11.9. The second kappa shape index (κ2) is 8.09. The monoisotopic (exact) mass is 352 g/mol. The van der Waals surface area contributed by atoms with Gasteiger partial charge in [-0.3, -0.25) is 0 Å². The number of anilines is 1. The van der Waals surface area contributed by atoms with Gasteiger partial charge in [0.15, 0.2) is 0 Å². The van der Waals surface area contributed by atoms with Gasteiger partial charge in [-0.15, -0.1) is 0 Å². The van der Waals surface area contributed by atoms with Gasteiger partial charge in [0.1, 0.15) is 12.4 Å². The van der Waals surface area contributed by atoms with Crippen LogP contribution in [0.4, 0.5) is 10.5 Å². The molecule has 0 spiro atoms. The number of hydrogen-bond acceptors (Lipinski definition) is 2. The molecule has 0 atom stereocenters. The summed E-state index contributed by atoms with van der Waals surface area (Å²) in [6.45, 7) is 2.86. The number of nitrogens with zero attached hydrogens (tertiary/aromatic N) is 1. The zero-order valence-electron chi connectivity index (χ0n) is 13.0. The molecule has 2 aromatic carbocycles. The maximum atomic E-state index is 12.1. The number of rotatable bonds is 5. The van der Waals surface area contributed by atoms with Crippen LogP contribution in [-0.4, -0.2) is 31.1 Å². The summed E-state index contributed by atoms with van der Waals surface area (Å²) in [5.74, 6) is 0.780. The minimum absolute atomic E-state index is 0.276. The van der Waals surface area contributed by atoms with Crippen molar-refractivity contribution in [1.82, 2.24) is 4.90 Å². The molecular formula is C17H18Cl2N2O2. The molecule has 0 fully saturated rings. The third-order valence-corrected chi connectivity index (χ3v) is 3.80. The molecule has 0 aromatic heterocycles. The number of carbonyl (C=O) groups excluding carboxylic acids is 1. The molecule has 2 amide bonds. The summed E-state index contributed by atoms with van der Waals surface area (Å²) in [5, 5.41) is 3.67. The lowest BCUT2D eigenvalue weighted by molar-refractivity contribution is 0.207. The minimum Gasteiger partial charge on any atom is -0.492 e. The van der Waals surface area contributed by atoms with Crippen molar-refractivity contribution in [1.29, 1.82) is 0 Å². The number of ether oxygens (including phenoxy) is 1. The van der Waals surface area contributed by atoms with Crippen molar-refractivity contribution in [3.05, 3.63) is 58.1 Å². The van der Waals surface area contributed by atoms with Crippen molar-refractivity contribution in [2.75, 3.05) is 25.5 Å². The van der Waals surface area contributed by atoms with Crippen LogP contribution in [0.2, 0.25) is 10.0 Å². The first kappa shape index (κ1) is 17.4. The highest BCUT2D eigenvalue weighted by molar-refractivity contribution is 6.35. The van der Waals surface area contributed by atoms with Crippen molar-refractivity contribution in [2.24, 2.45) is 0 Å². The predicted molar refractivity (Wildman–Crippen MR) is 94.8 cm³/mol. The van der Waals surface area contributed by atoms with Crippen LogP contribution in [0, 0.1) is 6.92 Å². The van der Waals surface area contributed by atoms with Gasteiger partial charge in [-0.25, -0.2) is 4.79 Å². The van der Waals surface area contributed by atoms with Gasteiger partial charge in [0, 0.05) is 12.1 Å². The zero-order chi connectivity index (χ0) is 16.8. The van der Waals surface area contributed by atoms with Gasteiger partial charge in [0.05, 0.1) is 17.3 Å². The van der Waals surface area contributed by atoms with Crippen LogP contribution in [0.1, 0.15) is 5.56 Å². The van der Waals surface area contributed by atoms with E-state index in [1.165, 1.54) is 10.5 Å². The Balaban J connectivity index is 1.83. The molecule has 0 saturated heterocycles. The van der Waals surface area contributed by atoms with E-state index in [4.69, 9.17) is 27.9 Å². The Labute approximate surface area is 146 Å². The molecule has 0 saturated carbocycles.